The van der Waals surface area contributed by atoms with Crippen LogP contribution in [0.2, 0.25) is 0 Å². The van der Waals surface area contributed by atoms with Gasteiger partial charge in [0.05, 0.1) is 5.52 Å². The van der Waals surface area contributed by atoms with Crippen LogP contribution in [0.1, 0.15) is 1.43 Å². The molecule has 0 radical (unpaired) electrons. The van der Waals surface area contributed by atoms with Gasteiger partial charge in [0.2, 0.25) is 0 Å². The zero-order valence-electron chi connectivity index (χ0n) is 8.50. The summed E-state index contributed by atoms with van der Waals surface area (Å²) in [5.74, 6) is 0. The summed E-state index contributed by atoms with van der Waals surface area (Å²) in [5.41, 5.74) is 1.06. The minimum atomic E-state index is -3.79. The van der Waals surface area contributed by atoms with Gasteiger partial charge in [0.15, 0.2) is 0 Å². The molecule has 15 heavy (non-hydrogen) atoms. The van der Waals surface area contributed by atoms with Crippen molar-refractivity contribution in [1.82, 2.24) is 4.98 Å². The Bertz CT molecular complexity index is 460. The fourth-order valence-electron chi connectivity index (χ4n) is 1.02. The Kier molecular flexibility index (Phi) is 6.64. The molecule has 6 heteroatoms. The van der Waals surface area contributed by atoms with E-state index in [1.807, 2.05) is 30.5 Å². The van der Waals surface area contributed by atoms with E-state index in [0.29, 0.717) is 0 Å². The molecular formula is C9H8ClCrNO3. The molecule has 2 rings (SSSR count). The summed E-state index contributed by atoms with van der Waals surface area (Å²) in [4.78, 5) is 4.18. The van der Waals surface area contributed by atoms with E-state index in [4.69, 9.17) is 11.4 Å². The van der Waals surface area contributed by atoms with Crippen LogP contribution in [-0.4, -0.2) is 4.98 Å². The Morgan fingerprint density at radius 2 is 1.53 bits per heavy atom. The van der Waals surface area contributed by atoms with Crippen LogP contribution in [0.25, 0.3) is 10.9 Å². The number of rotatable bonds is 0. The largest absolute Gasteiger partial charge is 0.256 e. The summed E-state index contributed by atoms with van der Waals surface area (Å²) in [6.45, 7) is 0. The molecule has 0 N–H and O–H groups in total. The van der Waals surface area contributed by atoms with Crippen LogP contribution in [0.5, 0.6) is 0 Å². The van der Waals surface area contributed by atoms with Crippen LogP contribution in [0.4, 0.5) is 0 Å². The van der Waals surface area contributed by atoms with Crippen molar-refractivity contribution >= 4 is 10.9 Å². The molecule has 0 spiro atoms. The number of hydrogen-bond acceptors (Lipinski definition) is 4. The predicted octanol–water partition coefficient (Wildman–Crippen LogP) is -1.01. The minimum Gasteiger partial charge on any atom is -0.256 e. The van der Waals surface area contributed by atoms with Gasteiger partial charge in [-0.1, -0.05) is 24.3 Å². The van der Waals surface area contributed by atoms with E-state index in [0.717, 1.165) is 5.52 Å². The predicted molar refractivity (Wildman–Crippen MR) is 44.9 cm³/mol. The molecule has 2 aromatic rings. The van der Waals surface area contributed by atoms with Gasteiger partial charge in [-0.15, -0.1) is 0 Å². The SMILES string of the molecule is [Cl-].[H+].[O]=[Cr](=[O])=[O].c1ccc2ncccc2c1. The van der Waals surface area contributed by atoms with Gasteiger partial charge >= 0.3 is 26.8 Å². The Hall–Kier alpha value is -1.15. The van der Waals surface area contributed by atoms with Crippen molar-refractivity contribution in [3.63, 3.8) is 0 Å². The Balaban J connectivity index is 0. The van der Waals surface area contributed by atoms with Crippen LogP contribution in [0.15, 0.2) is 42.6 Å². The number of para-hydroxylation sites is 1. The standard InChI is InChI=1S/C9H7N.ClH.Cr.3O/c1-2-6-9-8(4-1)5-3-7-10-9;;;;;/h1-7H;1H;;;;. The molecular weight excluding hydrogens is 258 g/mol. The number of halogens is 1. The number of aromatic nitrogens is 1. The van der Waals surface area contributed by atoms with Crippen molar-refractivity contribution in [2.75, 3.05) is 0 Å². The first-order chi connectivity index (χ1) is 6.70. The first-order valence-corrected chi connectivity index (χ1v) is 5.33. The topological polar surface area (TPSA) is 64.1 Å². The first kappa shape index (κ1) is 13.9. The Labute approximate surface area is 97.9 Å². The maximum absolute atomic E-state index is 8.54. The Morgan fingerprint density at radius 3 is 2.13 bits per heavy atom. The van der Waals surface area contributed by atoms with E-state index >= 15 is 0 Å². The fourth-order valence-corrected chi connectivity index (χ4v) is 1.02. The second-order valence-electron chi connectivity index (χ2n) is 2.40. The molecule has 0 aliphatic rings. The molecule has 4 nitrogen and oxygen atoms in total. The van der Waals surface area contributed by atoms with Crippen molar-refractivity contribution in [3.05, 3.63) is 42.6 Å². The maximum Gasteiger partial charge on any atom is 0.0701 e. The van der Waals surface area contributed by atoms with Gasteiger partial charge in [-0.05, 0) is 12.1 Å². The van der Waals surface area contributed by atoms with Crippen molar-refractivity contribution in [3.8, 4) is 0 Å². The van der Waals surface area contributed by atoms with E-state index in [2.05, 4.69) is 17.1 Å². The molecule has 1 aromatic carbocycles. The number of fused-ring (bicyclic) bond motifs is 1. The van der Waals surface area contributed by atoms with Crippen molar-refractivity contribution in [1.29, 1.82) is 0 Å². The van der Waals surface area contributed by atoms with Crippen LogP contribution < -0.4 is 12.4 Å². The second kappa shape index (κ2) is 7.18. The maximum atomic E-state index is 8.54. The number of pyridine rings is 1. The summed E-state index contributed by atoms with van der Waals surface area (Å²) in [7, 11) is 0. The third kappa shape index (κ3) is 5.33. The first-order valence-electron chi connectivity index (χ1n) is 3.76. The van der Waals surface area contributed by atoms with Gasteiger partial charge in [0.1, 0.15) is 0 Å². The van der Waals surface area contributed by atoms with Crippen molar-refractivity contribution < 1.29 is 39.2 Å². The van der Waals surface area contributed by atoms with Gasteiger partial charge in [-0.25, -0.2) is 0 Å². The molecule has 0 amide bonds. The monoisotopic (exact) mass is 265 g/mol. The average molecular weight is 266 g/mol. The van der Waals surface area contributed by atoms with E-state index in [-0.39, 0.29) is 13.8 Å². The average Bonchev–Trinajstić information content (AvgIpc) is 2.17. The van der Waals surface area contributed by atoms with Crippen LogP contribution in [0.3, 0.4) is 0 Å². The van der Waals surface area contributed by atoms with Gasteiger partial charge in [-0.3, -0.25) is 4.98 Å². The normalized spacial score (nSPS) is 8.27. The van der Waals surface area contributed by atoms with E-state index in [1.54, 1.807) is 0 Å². The molecule has 1 aromatic heterocycles. The fraction of sp³-hybridized carbons (Fsp3) is 0. The molecule has 0 fully saturated rings. The second-order valence-corrected chi connectivity index (χ2v) is 3.04. The molecule has 0 saturated carbocycles. The van der Waals surface area contributed by atoms with Gasteiger partial charge in [0.25, 0.3) is 0 Å². The zero-order chi connectivity index (χ0) is 10.4. The molecule has 1 heterocycles. The summed E-state index contributed by atoms with van der Waals surface area (Å²) < 4.78 is 25.6. The number of hydrogen-bond donors (Lipinski definition) is 0. The summed E-state index contributed by atoms with van der Waals surface area (Å²) in [5, 5.41) is 1.20. The van der Waals surface area contributed by atoms with Crippen molar-refractivity contribution in [2.24, 2.45) is 0 Å². The molecule has 0 aliphatic carbocycles. The smallest absolute Gasteiger partial charge is 0.0701 e. The van der Waals surface area contributed by atoms with E-state index in [1.165, 1.54) is 5.39 Å². The van der Waals surface area contributed by atoms with Crippen molar-refractivity contribution in [2.45, 2.75) is 0 Å². The summed E-state index contributed by atoms with van der Waals surface area (Å²) in [6, 6.07) is 12.1. The number of benzene rings is 1. The zero-order valence-corrected chi connectivity index (χ0v) is 9.53. The molecule has 80 valence electrons. The molecule has 0 saturated heterocycles. The molecule has 0 atom stereocenters. The van der Waals surface area contributed by atoms with Gasteiger partial charge in [0, 0.05) is 11.6 Å². The van der Waals surface area contributed by atoms with Gasteiger partial charge < -0.3 is 12.4 Å². The summed E-state index contributed by atoms with van der Waals surface area (Å²) >= 11 is -3.79. The van der Waals surface area contributed by atoms with E-state index < -0.39 is 14.0 Å². The molecule has 0 bridgehead atoms. The quantitative estimate of drug-likeness (QED) is 0.612. The van der Waals surface area contributed by atoms with Crippen LogP contribution >= 0.6 is 0 Å². The summed E-state index contributed by atoms with van der Waals surface area (Å²) in [6.07, 6.45) is 1.81. The molecule has 0 aliphatic heterocycles. The number of nitrogens with zero attached hydrogens (tertiary/aromatic N) is 1. The van der Waals surface area contributed by atoms with Gasteiger partial charge in [-0.2, -0.15) is 0 Å². The Morgan fingerprint density at radius 1 is 1.00 bits per heavy atom. The van der Waals surface area contributed by atoms with E-state index in [9.17, 15) is 0 Å². The van der Waals surface area contributed by atoms with Crippen LogP contribution in [-0.2, 0) is 25.4 Å². The van der Waals surface area contributed by atoms with Crippen LogP contribution in [0, 0.1) is 0 Å². The molecule has 0 unspecified atom stereocenters. The minimum absolute atomic E-state index is 0. The third-order valence-corrected chi connectivity index (χ3v) is 1.51. The third-order valence-electron chi connectivity index (χ3n) is 1.51.